The molecular formula is C21H48N4OP+. The Bertz CT molecular complexity index is 358. The number of rotatable bonds is 17. The highest BCUT2D eigenvalue weighted by molar-refractivity contribution is 7.66. The lowest BCUT2D eigenvalue weighted by Crippen LogP contribution is -2.50. The van der Waals surface area contributed by atoms with Gasteiger partial charge in [0.1, 0.15) is 0 Å². The van der Waals surface area contributed by atoms with E-state index in [0.717, 1.165) is 38.5 Å². The summed E-state index contributed by atoms with van der Waals surface area (Å²) in [4.78, 5) is 0. The van der Waals surface area contributed by atoms with Gasteiger partial charge in [0.25, 0.3) is 0 Å². The van der Waals surface area contributed by atoms with E-state index < -0.39 is 7.87 Å². The van der Waals surface area contributed by atoms with Gasteiger partial charge in [-0.1, -0.05) is 46.6 Å². The van der Waals surface area contributed by atoms with Crippen LogP contribution in [0.2, 0.25) is 0 Å². The van der Waals surface area contributed by atoms with Crippen molar-refractivity contribution in [1.82, 2.24) is 18.7 Å². The lowest BCUT2D eigenvalue weighted by molar-refractivity contribution is 0.177. The Morgan fingerprint density at radius 3 is 1.41 bits per heavy atom. The molecule has 0 spiro atoms. The van der Waals surface area contributed by atoms with Crippen molar-refractivity contribution in [1.29, 1.82) is 0 Å². The van der Waals surface area contributed by atoms with Crippen molar-refractivity contribution in [2.75, 3.05) is 61.0 Å². The van der Waals surface area contributed by atoms with E-state index in [9.17, 15) is 0 Å². The molecule has 0 fully saturated rings. The zero-order valence-electron chi connectivity index (χ0n) is 19.6. The molecule has 6 heteroatoms. The Balaban J connectivity index is 6.17. The number of unbranched alkanes of at least 4 members (excludes halogenated alkanes) is 3. The second-order valence-corrected chi connectivity index (χ2v) is 11.2. The molecule has 0 rings (SSSR count). The molecule has 0 aliphatic rings. The van der Waals surface area contributed by atoms with Gasteiger partial charge in [-0.3, -0.25) is 0 Å². The zero-order chi connectivity index (χ0) is 20.9. The zero-order valence-corrected chi connectivity index (χ0v) is 20.5. The first-order chi connectivity index (χ1) is 12.8. The minimum atomic E-state index is -1.90. The second kappa shape index (κ2) is 14.8. The van der Waals surface area contributed by atoms with Crippen molar-refractivity contribution >= 4 is 7.87 Å². The summed E-state index contributed by atoms with van der Waals surface area (Å²) in [5.41, 5.74) is 1.13. The standard InChI is InChI=1S/C21H48N4OP/c1-10-13-16-22(6)27(23(7)17-14-11-2,24(8)18-15-12-3)25(21(4)5)19-20-26-9/h4,10-20H2,1-3,5-9H3/q+1. The molecule has 0 bridgehead atoms. The number of methoxy groups -OCH3 is 1. The van der Waals surface area contributed by atoms with E-state index in [1.54, 1.807) is 7.11 Å². The summed E-state index contributed by atoms with van der Waals surface area (Å²) in [6, 6.07) is 0. The largest absolute Gasteiger partial charge is 0.383 e. The summed E-state index contributed by atoms with van der Waals surface area (Å²) in [5.74, 6) is 0. The van der Waals surface area contributed by atoms with Crippen LogP contribution in [-0.4, -0.2) is 79.7 Å². The highest BCUT2D eigenvalue weighted by Crippen LogP contribution is 2.69. The van der Waals surface area contributed by atoms with Crippen LogP contribution in [-0.2, 0) is 4.74 Å². The molecule has 5 nitrogen and oxygen atoms in total. The Morgan fingerprint density at radius 1 is 0.778 bits per heavy atom. The molecule has 0 saturated carbocycles. The van der Waals surface area contributed by atoms with E-state index >= 15 is 0 Å². The van der Waals surface area contributed by atoms with E-state index in [1.807, 2.05) is 0 Å². The summed E-state index contributed by atoms with van der Waals surface area (Å²) < 4.78 is 15.9. The number of hydrogen-bond donors (Lipinski definition) is 0. The monoisotopic (exact) mass is 403 g/mol. The molecular weight excluding hydrogens is 355 g/mol. The predicted molar refractivity (Wildman–Crippen MR) is 123 cm³/mol. The smallest absolute Gasteiger partial charge is 0.331 e. The van der Waals surface area contributed by atoms with Crippen molar-refractivity contribution in [3.05, 3.63) is 12.3 Å². The number of hydrogen-bond acceptors (Lipinski definition) is 5. The SMILES string of the molecule is C=C(C)N(CCOC)[P+](N(C)CCCC)(N(C)CCCC)N(C)CCCC. The van der Waals surface area contributed by atoms with E-state index in [2.05, 4.69) is 74.1 Å². The first-order valence-corrected chi connectivity index (χ1v) is 12.4. The fraction of sp³-hybridized carbons (Fsp3) is 0.905. The summed E-state index contributed by atoms with van der Waals surface area (Å²) in [7, 11) is 6.84. The van der Waals surface area contributed by atoms with Gasteiger partial charge in [0.2, 0.25) is 0 Å². The van der Waals surface area contributed by atoms with Gasteiger partial charge in [0.15, 0.2) is 0 Å². The summed E-state index contributed by atoms with van der Waals surface area (Å²) in [6.45, 7) is 18.3. The van der Waals surface area contributed by atoms with Crippen LogP contribution in [0, 0.1) is 0 Å². The molecule has 0 amide bonds. The van der Waals surface area contributed by atoms with Gasteiger partial charge in [0.05, 0.1) is 13.2 Å². The molecule has 0 aromatic carbocycles. The van der Waals surface area contributed by atoms with Gasteiger partial charge in [-0.25, -0.2) is 4.67 Å². The van der Waals surface area contributed by atoms with Crippen LogP contribution in [0.5, 0.6) is 0 Å². The van der Waals surface area contributed by atoms with Gasteiger partial charge in [-0.05, 0) is 26.2 Å². The number of allylic oxidation sites excluding steroid dienone is 1. The lowest BCUT2D eigenvalue weighted by atomic mass is 10.3. The molecule has 0 saturated heterocycles. The van der Waals surface area contributed by atoms with E-state index in [0.29, 0.717) is 0 Å². The van der Waals surface area contributed by atoms with Crippen LogP contribution in [0.25, 0.3) is 0 Å². The highest BCUT2D eigenvalue weighted by atomic mass is 31.2. The minimum absolute atomic E-state index is 0.722. The maximum atomic E-state index is 5.48. The van der Waals surface area contributed by atoms with Crippen LogP contribution in [0.1, 0.15) is 66.2 Å². The lowest BCUT2D eigenvalue weighted by Gasteiger charge is -2.49. The number of ether oxygens (including phenoxy) is 1. The quantitative estimate of drug-likeness (QED) is 0.305. The fourth-order valence-corrected chi connectivity index (χ4v) is 8.34. The molecule has 0 unspecified atom stereocenters. The third kappa shape index (κ3) is 7.62. The predicted octanol–water partition coefficient (Wildman–Crippen LogP) is 5.34. The average Bonchev–Trinajstić information content (AvgIpc) is 2.65. The Hall–Kier alpha value is -0.190. The van der Waals surface area contributed by atoms with E-state index in [-0.39, 0.29) is 0 Å². The summed E-state index contributed by atoms with van der Waals surface area (Å²) >= 11 is 0. The summed E-state index contributed by atoms with van der Waals surface area (Å²) in [6.07, 6.45) is 7.30. The molecule has 0 heterocycles. The van der Waals surface area contributed by atoms with Gasteiger partial charge < -0.3 is 4.74 Å². The van der Waals surface area contributed by atoms with Crippen LogP contribution in [0.3, 0.4) is 0 Å². The topological polar surface area (TPSA) is 22.2 Å². The molecule has 0 atom stereocenters. The van der Waals surface area contributed by atoms with Crippen LogP contribution in [0.15, 0.2) is 12.3 Å². The molecule has 0 aliphatic carbocycles. The molecule has 0 aromatic heterocycles. The first kappa shape index (κ1) is 26.8. The first-order valence-electron chi connectivity index (χ1n) is 10.8. The second-order valence-electron chi connectivity index (χ2n) is 7.59. The fourth-order valence-electron chi connectivity index (χ4n) is 3.63. The van der Waals surface area contributed by atoms with Crippen molar-refractivity contribution in [2.45, 2.75) is 66.2 Å². The Kier molecular flexibility index (Phi) is 14.7. The molecule has 0 N–H and O–H groups in total. The van der Waals surface area contributed by atoms with E-state index in [4.69, 9.17) is 4.74 Å². The minimum Gasteiger partial charge on any atom is -0.383 e. The van der Waals surface area contributed by atoms with Crippen LogP contribution >= 0.6 is 7.87 Å². The van der Waals surface area contributed by atoms with Crippen LogP contribution < -0.4 is 0 Å². The van der Waals surface area contributed by atoms with Crippen molar-refractivity contribution in [3.63, 3.8) is 0 Å². The highest BCUT2D eigenvalue weighted by Gasteiger charge is 2.57. The summed E-state index contributed by atoms with van der Waals surface area (Å²) in [5, 5.41) is 0. The average molecular weight is 404 g/mol. The molecule has 27 heavy (non-hydrogen) atoms. The van der Waals surface area contributed by atoms with Gasteiger partial charge in [-0.15, -0.1) is 14.0 Å². The van der Waals surface area contributed by atoms with Crippen LogP contribution in [0.4, 0.5) is 0 Å². The number of nitrogens with zero attached hydrogens (tertiary/aromatic N) is 4. The maximum Gasteiger partial charge on any atom is 0.331 e. The van der Waals surface area contributed by atoms with Gasteiger partial charge in [-0.2, -0.15) is 0 Å². The third-order valence-corrected chi connectivity index (χ3v) is 9.69. The van der Waals surface area contributed by atoms with E-state index in [1.165, 1.54) is 38.5 Å². The molecule has 0 aliphatic heterocycles. The Morgan fingerprint density at radius 2 is 1.15 bits per heavy atom. The maximum absolute atomic E-state index is 5.48. The van der Waals surface area contributed by atoms with Gasteiger partial charge >= 0.3 is 7.87 Å². The molecule has 0 radical (unpaired) electrons. The Labute approximate surface area is 171 Å². The van der Waals surface area contributed by atoms with Crippen molar-refractivity contribution < 1.29 is 4.74 Å². The van der Waals surface area contributed by atoms with Gasteiger partial charge in [0, 0.05) is 53.6 Å². The third-order valence-electron chi connectivity index (χ3n) is 5.15. The molecule has 162 valence electrons. The van der Waals surface area contributed by atoms with Crippen molar-refractivity contribution in [2.24, 2.45) is 0 Å². The van der Waals surface area contributed by atoms with Crippen molar-refractivity contribution in [3.8, 4) is 0 Å². The molecule has 0 aromatic rings. The normalized spacial score (nSPS) is 12.4.